The number of amides is 1. The average Bonchev–Trinajstić information content (AvgIpc) is 3.11. The number of carbonyl (C=O) groups is 1. The number of rotatable bonds is 5. The van der Waals surface area contributed by atoms with E-state index in [9.17, 15) is 4.79 Å². The van der Waals surface area contributed by atoms with Crippen LogP contribution in [0, 0.1) is 0 Å². The molecule has 1 aromatic heterocycles. The molecule has 0 radical (unpaired) electrons. The van der Waals surface area contributed by atoms with E-state index in [4.69, 9.17) is 0 Å². The summed E-state index contributed by atoms with van der Waals surface area (Å²) >= 11 is 4.42. The Morgan fingerprint density at radius 1 is 1.07 bits per heavy atom. The molecular formula is C24H23N3OS. The van der Waals surface area contributed by atoms with Gasteiger partial charge in [0.05, 0.1) is 11.9 Å². The first kappa shape index (κ1) is 19.3. The number of nitrogens with zero attached hydrogens (tertiary/aromatic N) is 1. The van der Waals surface area contributed by atoms with Crippen molar-refractivity contribution in [2.24, 2.45) is 0 Å². The number of H-pyrrole nitrogens is 1. The fraction of sp³-hybridized carbons (Fsp3) is 0.167. The second-order valence-corrected chi connectivity index (χ2v) is 7.98. The molecule has 5 heteroatoms. The van der Waals surface area contributed by atoms with E-state index in [1.807, 2.05) is 60.7 Å². The molecule has 0 saturated carbocycles. The number of aromatic nitrogens is 2. The lowest BCUT2D eigenvalue weighted by molar-refractivity contribution is -0.115. The molecule has 0 bridgehead atoms. The summed E-state index contributed by atoms with van der Waals surface area (Å²) in [6, 6.07) is 21.8. The quantitative estimate of drug-likeness (QED) is 0.369. The van der Waals surface area contributed by atoms with Gasteiger partial charge >= 0.3 is 0 Å². The van der Waals surface area contributed by atoms with E-state index in [1.165, 1.54) is 5.56 Å². The third-order valence-corrected chi connectivity index (χ3v) is 5.27. The molecule has 0 aliphatic rings. The van der Waals surface area contributed by atoms with E-state index in [-0.39, 0.29) is 5.91 Å². The van der Waals surface area contributed by atoms with Gasteiger partial charge in [-0.25, -0.2) is 0 Å². The summed E-state index contributed by atoms with van der Waals surface area (Å²) in [4.78, 5) is 13.6. The van der Waals surface area contributed by atoms with Gasteiger partial charge in [0.1, 0.15) is 5.69 Å². The van der Waals surface area contributed by atoms with Crippen molar-refractivity contribution in [1.82, 2.24) is 10.2 Å². The lowest BCUT2D eigenvalue weighted by Crippen LogP contribution is -2.15. The lowest BCUT2D eigenvalue weighted by Gasteiger charge is -2.12. The minimum Gasteiger partial charge on any atom is -0.326 e. The molecule has 0 fully saturated rings. The molecule has 0 saturated heterocycles. The molecule has 0 spiro atoms. The van der Waals surface area contributed by atoms with Gasteiger partial charge in [0, 0.05) is 21.5 Å². The maximum atomic E-state index is 12.7. The molecule has 4 rings (SSSR count). The number of hydrogen-bond donors (Lipinski definition) is 3. The minimum absolute atomic E-state index is 0.0279. The van der Waals surface area contributed by atoms with Crippen molar-refractivity contribution in [3.05, 3.63) is 77.9 Å². The van der Waals surface area contributed by atoms with Crippen molar-refractivity contribution in [3.8, 4) is 11.3 Å². The average molecular weight is 402 g/mol. The Morgan fingerprint density at radius 3 is 2.69 bits per heavy atom. The summed E-state index contributed by atoms with van der Waals surface area (Å²) < 4.78 is 0. The SMILES string of the molecule is CC(C)c1ccccc1CC(=O)Nc1ccc2[nH]nc(-c3cccc(S)c3)c2c1. The van der Waals surface area contributed by atoms with Crippen molar-refractivity contribution in [1.29, 1.82) is 0 Å². The fourth-order valence-corrected chi connectivity index (χ4v) is 3.83. The van der Waals surface area contributed by atoms with Gasteiger partial charge in [0.15, 0.2) is 0 Å². The topological polar surface area (TPSA) is 57.8 Å². The summed E-state index contributed by atoms with van der Waals surface area (Å²) in [5.41, 5.74) is 5.79. The Kier molecular flexibility index (Phi) is 5.41. The predicted octanol–water partition coefficient (Wildman–Crippen LogP) is 5.82. The summed E-state index contributed by atoms with van der Waals surface area (Å²) in [6.07, 6.45) is 0.354. The van der Waals surface area contributed by atoms with Crippen LogP contribution in [0.5, 0.6) is 0 Å². The van der Waals surface area contributed by atoms with E-state index >= 15 is 0 Å². The molecule has 0 unspecified atom stereocenters. The number of carbonyl (C=O) groups excluding carboxylic acids is 1. The highest BCUT2D eigenvalue weighted by atomic mass is 32.1. The van der Waals surface area contributed by atoms with Gasteiger partial charge in [0.2, 0.25) is 5.91 Å². The molecule has 0 atom stereocenters. The number of nitrogens with one attached hydrogen (secondary N) is 2. The maximum absolute atomic E-state index is 12.7. The third-order valence-electron chi connectivity index (χ3n) is 4.99. The molecule has 4 aromatic rings. The van der Waals surface area contributed by atoms with Crippen LogP contribution in [0.2, 0.25) is 0 Å². The minimum atomic E-state index is -0.0279. The maximum Gasteiger partial charge on any atom is 0.228 e. The van der Waals surface area contributed by atoms with Crippen molar-refractivity contribution < 1.29 is 4.79 Å². The second-order valence-electron chi connectivity index (χ2n) is 7.46. The standard InChI is InChI=1S/C24H23N3OS/c1-15(2)20-9-4-3-6-16(20)13-23(28)25-18-10-11-22-21(14-18)24(27-26-22)17-7-5-8-19(29)12-17/h3-12,14-15,29H,13H2,1-2H3,(H,25,28)(H,26,27). The van der Waals surface area contributed by atoms with Crippen molar-refractivity contribution in [2.45, 2.75) is 31.1 Å². The fourth-order valence-electron chi connectivity index (χ4n) is 3.60. The van der Waals surface area contributed by atoms with Crippen LogP contribution in [-0.4, -0.2) is 16.1 Å². The van der Waals surface area contributed by atoms with Gasteiger partial charge in [-0.1, -0.05) is 50.2 Å². The third kappa shape index (κ3) is 4.20. The van der Waals surface area contributed by atoms with E-state index in [1.54, 1.807) is 0 Å². The summed E-state index contributed by atoms with van der Waals surface area (Å²) in [5.74, 6) is 0.353. The van der Waals surface area contributed by atoms with Gasteiger partial charge in [-0.05, 0) is 47.4 Å². The van der Waals surface area contributed by atoms with Crippen LogP contribution in [0.4, 0.5) is 5.69 Å². The van der Waals surface area contributed by atoms with E-state index in [0.29, 0.717) is 12.3 Å². The van der Waals surface area contributed by atoms with Crippen LogP contribution in [0.25, 0.3) is 22.2 Å². The monoisotopic (exact) mass is 401 g/mol. The van der Waals surface area contributed by atoms with Crippen LogP contribution >= 0.6 is 12.6 Å². The zero-order valence-electron chi connectivity index (χ0n) is 16.4. The van der Waals surface area contributed by atoms with E-state index < -0.39 is 0 Å². The Balaban J connectivity index is 1.59. The molecular weight excluding hydrogens is 378 g/mol. The molecule has 1 amide bonds. The molecule has 146 valence electrons. The number of thiol groups is 1. The predicted molar refractivity (Wildman–Crippen MR) is 122 cm³/mol. The zero-order valence-corrected chi connectivity index (χ0v) is 17.3. The van der Waals surface area contributed by atoms with Crippen LogP contribution in [0.15, 0.2) is 71.6 Å². The largest absolute Gasteiger partial charge is 0.326 e. The normalized spacial score (nSPS) is 11.2. The van der Waals surface area contributed by atoms with Crippen LogP contribution in [0.1, 0.15) is 30.9 Å². The molecule has 1 heterocycles. The van der Waals surface area contributed by atoms with Crippen molar-refractivity contribution in [3.63, 3.8) is 0 Å². The van der Waals surface area contributed by atoms with Crippen LogP contribution in [-0.2, 0) is 11.2 Å². The molecule has 29 heavy (non-hydrogen) atoms. The highest BCUT2D eigenvalue weighted by Gasteiger charge is 2.13. The number of anilines is 1. The smallest absolute Gasteiger partial charge is 0.228 e. The van der Waals surface area contributed by atoms with Gasteiger partial charge in [0.25, 0.3) is 0 Å². The molecule has 4 nitrogen and oxygen atoms in total. The Bertz CT molecular complexity index is 1180. The van der Waals surface area contributed by atoms with Gasteiger partial charge < -0.3 is 5.32 Å². The number of aromatic amines is 1. The highest BCUT2D eigenvalue weighted by molar-refractivity contribution is 7.80. The van der Waals surface area contributed by atoms with Gasteiger partial charge in [-0.15, -0.1) is 12.6 Å². The first-order valence-electron chi connectivity index (χ1n) is 9.66. The van der Waals surface area contributed by atoms with Gasteiger partial charge in [-0.3, -0.25) is 9.89 Å². The lowest BCUT2D eigenvalue weighted by atomic mass is 9.95. The van der Waals surface area contributed by atoms with E-state index in [2.05, 4.69) is 48.1 Å². The number of fused-ring (bicyclic) bond motifs is 1. The van der Waals surface area contributed by atoms with E-state index in [0.717, 1.165) is 38.3 Å². The van der Waals surface area contributed by atoms with Crippen molar-refractivity contribution in [2.75, 3.05) is 5.32 Å². The van der Waals surface area contributed by atoms with Gasteiger partial charge in [-0.2, -0.15) is 5.10 Å². The number of hydrogen-bond acceptors (Lipinski definition) is 3. The molecule has 3 aromatic carbocycles. The molecule has 2 N–H and O–H groups in total. The molecule has 0 aliphatic heterocycles. The zero-order chi connectivity index (χ0) is 20.4. The van der Waals surface area contributed by atoms with Crippen LogP contribution in [0.3, 0.4) is 0 Å². The Labute approximate surface area is 175 Å². The number of benzene rings is 3. The second kappa shape index (κ2) is 8.13. The summed E-state index contributed by atoms with van der Waals surface area (Å²) in [7, 11) is 0. The van der Waals surface area contributed by atoms with Crippen LogP contribution < -0.4 is 5.32 Å². The Morgan fingerprint density at radius 2 is 1.90 bits per heavy atom. The Hall–Kier alpha value is -3.05. The first-order valence-corrected chi connectivity index (χ1v) is 10.1. The summed E-state index contributed by atoms with van der Waals surface area (Å²) in [6.45, 7) is 4.29. The molecule has 0 aliphatic carbocycles. The summed E-state index contributed by atoms with van der Waals surface area (Å²) in [5, 5.41) is 11.5. The van der Waals surface area contributed by atoms with Crippen molar-refractivity contribution >= 4 is 35.1 Å². The highest BCUT2D eigenvalue weighted by Crippen LogP contribution is 2.29. The first-order chi connectivity index (χ1) is 14.0.